The summed E-state index contributed by atoms with van der Waals surface area (Å²) in [6, 6.07) is 15.4. The van der Waals surface area contributed by atoms with E-state index >= 15 is 0 Å². The largest absolute Gasteiger partial charge is 0.471 e. The van der Waals surface area contributed by atoms with E-state index in [-0.39, 0.29) is 11.4 Å². The molecule has 7 heteroatoms. The smallest absolute Gasteiger partial charge is 0.310 e. The Labute approximate surface area is 145 Å². The van der Waals surface area contributed by atoms with E-state index in [4.69, 9.17) is 10.5 Å². The van der Waals surface area contributed by atoms with Gasteiger partial charge in [0.25, 0.3) is 5.91 Å². The molecule has 3 N–H and O–H groups in total. The number of nitro benzene ring substituents is 1. The third kappa shape index (κ3) is 5.02. The number of benzene rings is 2. The summed E-state index contributed by atoms with van der Waals surface area (Å²) in [5.41, 5.74) is 5.46. The third-order valence-corrected chi connectivity index (χ3v) is 3.59. The quantitative estimate of drug-likeness (QED) is 0.456. The molecule has 1 amide bonds. The molecule has 25 heavy (non-hydrogen) atoms. The number of hydrogen-bond donors (Lipinski definition) is 2. The highest BCUT2D eigenvalue weighted by molar-refractivity contribution is 5.85. The standard InChI is InChI=1S/C18H21N3O4/c1-18(2,25-15-11-7-6-10-14(15)21(23)24)17(22)20-16(19)12-13-8-4-3-5-9-13/h3-11,16H,12,19H2,1-2H3,(H,20,22). The molecule has 1 atom stereocenters. The molecule has 0 bridgehead atoms. The van der Waals surface area contributed by atoms with Crippen LogP contribution in [0.15, 0.2) is 54.6 Å². The molecule has 0 saturated carbocycles. The van der Waals surface area contributed by atoms with Crippen LogP contribution in [0.4, 0.5) is 5.69 Å². The zero-order valence-corrected chi connectivity index (χ0v) is 14.1. The molecule has 2 aromatic carbocycles. The Kier molecular flexibility index (Phi) is 5.71. The van der Waals surface area contributed by atoms with Gasteiger partial charge in [0.2, 0.25) is 0 Å². The van der Waals surface area contributed by atoms with Crippen molar-refractivity contribution < 1.29 is 14.5 Å². The highest BCUT2D eigenvalue weighted by Gasteiger charge is 2.33. The van der Waals surface area contributed by atoms with E-state index in [9.17, 15) is 14.9 Å². The molecular weight excluding hydrogens is 322 g/mol. The summed E-state index contributed by atoms with van der Waals surface area (Å²) in [7, 11) is 0. The Hall–Kier alpha value is -2.93. The maximum Gasteiger partial charge on any atom is 0.310 e. The molecule has 0 aliphatic heterocycles. The highest BCUT2D eigenvalue weighted by atomic mass is 16.6. The second kappa shape index (κ2) is 7.76. The first-order valence-electron chi connectivity index (χ1n) is 7.82. The molecule has 0 spiro atoms. The van der Waals surface area contributed by atoms with Crippen LogP contribution in [0.25, 0.3) is 0 Å². The summed E-state index contributed by atoms with van der Waals surface area (Å²) < 4.78 is 5.60. The monoisotopic (exact) mass is 343 g/mol. The maximum atomic E-state index is 12.5. The predicted octanol–water partition coefficient (Wildman–Crippen LogP) is 2.40. The zero-order chi connectivity index (χ0) is 18.4. The first-order chi connectivity index (χ1) is 11.8. The van der Waals surface area contributed by atoms with Crippen molar-refractivity contribution in [3.05, 3.63) is 70.3 Å². The first-order valence-corrected chi connectivity index (χ1v) is 7.82. The summed E-state index contributed by atoms with van der Waals surface area (Å²) in [6.45, 7) is 3.07. The minimum Gasteiger partial charge on any atom is -0.471 e. The van der Waals surface area contributed by atoms with Crippen molar-refractivity contribution in [2.75, 3.05) is 0 Å². The number of nitrogens with one attached hydrogen (secondary N) is 1. The van der Waals surface area contributed by atoms with Crippen LogP contribution in [-0.2, 0) is 11.2 Å². The Morgan fingerprint density at radius 2 is 1.80 bits per heavy atom. The van der Waals surface area contributed by atoms with E-state index in [0.29, 0.717) is 6.42 Å². The number of nitrogens with zero attached hydrogens (tertiary/aromatic N) is 1. The maximum absolute atomic E-state index is 12.5. The van der Waals surface area contributed by atoms with E-state index in [2.05, 4.69) is 5.32 Å². The topological polar surface area (TPSA) is 107 Å². The Balaban J connectivity index is 2.03. The Morgan fingerprint density at radius 1 is 1.20 bits per heavy atom. The SMILES string of the molecule is CC(C)(Oc1ccccc1[N+](=O)[O-])C(=O)NC(N)Cc1ccccc1. The summed E-state index contributed by atoms with van der Waals surface area (Å²) in [5.74, 6) is -0.418. The van der Waals surface area contributed by atoms with Gasteiger partial charge < -0.3 is 15.8 Å². The fraction of sp³-hybridized carbons (Fsp3) is 0.278. The van der Waals surface area contributed by atoms with Crippen LogP contribution in [0.5, 0.6) is 5.75 Å². The van der Waals surface area contributed by atoms with Gasteiger partial charge in [0.1, 0.15) is 0 Å². The van der Waals surface area contributed by atoms with Gasteiger partial charge in [-0.2, -0.15) is 0 Å². The molecule has 0 aliphatic carbocycles. The van der Waals surface area contributed by atoms with Gasteiger partial charge in [-0.15, -0.1) is 0 Å². The third-order valence-electron chi connectivity index (χ3n) is 3.59. The lowest BCUT2D eigenvalue weighted by Crippen LogP contribution is -2.53. The summed E-state index contributed by atoms with van der Waals surface area (Å²) >= 11 is 0. The van der Waals surface area contributed by atoms with E-state index < -0.39 is 22.6 Å². The predicted molar refractivity (Wildman–Crippen MR) is 94.1 cm³/mol. The number of hydrogen-bond acceptors (Lipinski definition) is 5. The van der Waals surface area contributed by atoms with Gasteiger partial charge in [-0.05, 0) is 25.5 Å². The number of carbonyl (C=O) groups excluding carboxylic acids is 1. The molecule has 0 aromatic heterocycles. The lowest BCUT2D eigenvalue weighted by molar-refractivity contribution is -0.386. The average molecular weight is 343 g/mol. The number of ether oxygens (including phenoxy) is 1. The zero-order valence-electron chi connectivity index (χ0n) is 14.1. The van der Waals surface area contributed by atoms with Crippen molar-refractivity contribution in [3.8, 4) is 5.75 Å². The molecule has 7 nitrogen and oxygen atoms in total. The summed E-state index contributed by atoms with van der Waals surface area (Å²) in [5, 5.41) is 13.7. The van der Waals surface area contributed by atoms with Crippen LogP contribution < -0.4 is 15.8 Å². The molecule has 0 radical (unpaired) electrons. The summed E-state index contributed by atoms with van der Waals surface area (Å²) in [4.78, 5) is 23.0. The lowest BCUT2D eigenvalue weighted by atomic mass is 10.1. The molecule has 2 rings (SSSR count). The van der Waals surface area contributed by atoms with Crippen LogP contribution >= 0.6 is 0 Å². The number of nitro groups is 1. The molecule has 0 aliphatic rings. The van der Waals surface area contributed by atoms with Gasteiger partial charge >= 0.3 is 5.69 Å². The van der Waals surface area contributed by atoms with E-state index in [1.165, 1.54) is 32.0 Å². The number of rotatable bonds is 7. The van der Waals surface area contributed by atoms with Gasteiger partial charge in [0.15, 0.2) is 11.4 Å². The van der Waals surface area contributed by atoms with Crippen molar-refractivity contribution in [2.24, 2.45) is 5.73 Å². The van der Waals surface area contributed by atoms with Gasteiger partial charge in [-0.1, -0.05) is 42.5 Å². The van der Waals surface area contributed by atoms with Crippen LogP contribution in [0, 0.1) is 10.1 Å². The van der Waals surface area contributed by atoms with Crippen LogP contribution in [0.3, 0.4) is 0 Å². The Bertz CT molecular complexity index is 747. The molecule has 0 saturated heterocycles. The van der Waals surface area contributed by atoms with Crippen molar-refractivity contribution in [3.63, 3.8) is 0 Å². The van der Waals surface area contributed by atoms with E-state index in [1.54, 1.807) is 6.07 Å². The Morgan fingerprint density at radius 3 is 2.44 bits per heavy atom. The van der Waals surface area contributed by atoms with Crippen molar-refractivity contribution in [1.82, 2.24) is 5.32 Å². The number of para-hydroxylation sites is 2. The number of nitrogens with two attached hydrogens (primary N) is 1. The second-order valence-electron chi connectivity index (χ2n) is 6.11. The van der Waals surface area contributed by atoms with Gasteiger partial charge in [-0.25, -0.2) is 0 Å². The van der Waals surface area contributed by atoms with Crippen LogP contribution in [-0.4, -0.2) is 22.6 Å². The summed E-state index contributed by atoms with van der Waals surface area (Å²) in [6.07, 6.45) is -0.128. The van der Waals surface area contributed by atoms with Crippen LogP contribution in [0.1, 0.15) is 19.4 Å². The van der Waals surface area contributed by atoms with Crippen LogP contribution in [0.2, 0.25) is 0 Å². The molecule has 1 unspecified atom stereocenters. The van der Waals surface area contributed by atoms with Crippen molar-refractivity contribution >= 4 is 11.6 Å². The fourth-order valence-corrected chi connectivity index (χ4v) is 2.28. The molecule has 0 fully saturated rings. The van der Waals surface area contributed by atoms with Gasteiger partial charge in [0, 0.05) is 12.5 Å². The second-order valence-corrected chi connectivity index (χ2v) is 6.11. The average Bonchev–Trinajstić information content (AvgIpc) is 2.55. The molecule has 0 heterocycles. The van der Waals surface area contributed by atoms with Gasteiger partial charge in [-0.3, -0.25) is 14.9 Å². The van der Waals surface area contributed by atoms with Crippen molar-refractivity contribution in [1.29, 1.82) is 0 Å². The minimum atomic E-state index is -1.32. The molecular formula is C18H21N3O4. The normalized spacial score (nSPS) is 12.3. The lowest BCUT2D eigenvalue weighted by Gasteiger charge is -2.27. The first kappa shape index (κ1) is 18.4. The van der Waals surface area contributed by atoms with E-state index in [0.717, 1.165) is 5.56 Å². The molecule has 132 valence electrons. The van der Waals surface area contributed by atoms with E-state index in [1.807, 2.05) is 30.3 Å². The minimum absolute atomic E-state index is 0.0317. The van der Waals surface area contributed by atoms with Crippen molar-refractivity contribution in [2.45, 2.75) is 32.0 Å². The highest BCUT2D eigenvalue weighted by Crippen LogP contribution is 2.29. The number of amides is 1. The number of carbonyl (C=O) groups is 1. The van der Waals surface area contributed by atoms with Gasteiger partial charge in [0.05, 0.1) is 11.1 Å². The molecule has 2 aromatic rings. The fourth-order valence-electron chi connectivity index (χ4n) is 2.28.